The molecule has 2 aliphatic heterocycles. The van der Waals surface area contributed by atoms with E-state index in [2.05, 4.69) is 12.1 Å². The number of hydrogen-bond acceptors (Lipinski definition) is 5. The number of aliphatic carboxylic acids is 1. The molecule has 0 aliphatic carbocycles. The Balaban J connectivity index is 1.64. The Morgan fingerprint density at radius 3 is 2.64 bits per heavy atom. The number of carbonyl (C=O) groups excluding carboxylic acids is 1. The van der Waals surface area contributed by atoms with E-state index < -0.39 is 11.8 Å². The number of ether oxygens (including phenoxy) is 2. The predicted molar refractivity (Wildman–Crippen MR) is 93.8 cm³/mol. The van der Waals surface area contributed by atoms with Crippen LogP contribution in [0.25, 0.3) is 0 Å². The zero-order chi connectivity index (χ0) is 18.0. The van der Waals surface area contributed by atoms with Gasteiger partial charge in [0.1, 0.15) is 5.75 Å². The third-order valence-electron chi connectivity index (χ3n) is 4.77. The van der Waals surface area contributed by atoms with E-state index in [0.717, 1.165) is 16.9 Å². The van der Waals surface area contributed by atoms with Crippen LogP contribution >= 0.6 is 11.8 Å². The lowest BCUT2D eigenvalue weighted by Crippen LogP contribution is -2.52. The van der Waals surface area contributed by atoms with Crippen LogP contribution in [0.3, 0.4) is 0 Å². The topological polar surface area (TPSA) is 76.1 Å². The van der Waals surface area contributed by atoms with E-state index in [1.54, 1.807) is 16.7 Å². The maximum Gasteiger partial charge on any atom is 0.303 e. The van der Waals surface area contributed by atoms with Crippen molar-refractivity contribution in [3.8, 4) is 5.75 Å². The number of aryl methyl sites for hydroxylation is 1. The van der Waals surface area contributed by atoms with Crippen molar-refractivity contribution in [1.82, 2.24) is 4.90 Å². The summed E-state index contributed by atoms with van der Waals surface area (Å²) in [6, 6.07) is 4.22. The summed E-state index contributed by atoms with van der Waals surface area (Å²) in [6.45, 7) is 3.60. The van der Waals surface area contributed by atoms with Gasteiger partial charge in [-0.2, -0.15) is 0 Å². The van der Waals surface area contributed by atoms with Crippen LogP contribution in [-0.2, 0) is 20.9 Å². The largest absolute Gasteiger partial charge is 0.481 e. The van der Waals surface area contributed by atoms with Gasteiger partial charge in [0.05, 0.1) is 13.0 Å². The lowest BCUT2D eigenvalue weighted by molar-refractivity contribution is -0.228. The van der Waals surface area contributed by atoms with Gasteiger partial charge in [0.2, 0.25) is 11.7 Å². The molecule has 0 aromatic heterocycles. The second-order valence-corrected chi connectivity index (χ2v) is 7.39. The van der Waals surface area contributed by atoms with Gasteiger partial charge < -0.3 is 19.5 Å². The van der Waals surface area contributed by atoms with Crippen LogP contribution in [0.5, 0.6) is 5.75 Å². The van der Waals surface area contributed by atoms with Gasteiger partial charge in [0.15, 0.2) is 0 Å². The molecule has 136 valence electrons. The molecule has 0 bridgehead atoms. The van der Waals surface area contributed by atoms with Crippen molar-refractivity contribution in [3.63, 3.8) is 0 Å². The number of amides is 1. The quantitative estimate of drug-likeness (QED) is 0.827. The highest BCUT2D eigenvalue weighted by atomic mass is 32.2. The van der Waals surface area contributed by atoms with E-state index in [1.165, 1.54) is 4.90 Å². The van der Waals surface area contributed by atoms with Crippen LogP contribution in [-0.4, -0.2) is 47.0 Å². The van der Waals surface area contributed by atoms with Gasteiger partial charge in [-0.1, -0.05) is 0 Å². The Morgan fingerprint density at radius 2 is 2.00 bits per heavy atom. The van der Waals surface area contributed by atoms with Crippen molar-refractivity contribution in [1.29, 1.82) is 0 Å². The average molecular weight is 365 g/mol. The fourth-order valence-corrected chi connectivity index (χ4v) is 3.88. The number of piperidine rings is 1. The SMILES string of the molecule is CSc1cc(C)c2c(c1)COC1(CCN(C(=O)CCC(=O)O)CC1)O2. The smallest absolute Gasteiger partial charge is 0.303 e. The summed E-state index contributed by atoms with van der Waals surface area (Å²) in [7, 11) is 0. The molecule has 0 atom stereocenters. The molecule has 1 aromatic rings. The van der Waals surface area contributed by atoms with E-state index in [0.29, 0.717) is 32.5 Å². The molecule has 0 unspecified atom stereocenters. The number of carbonyl (C=O) groups is 2. The Morgan fingerprint density at radius 1 is 1.28 bits per heavy atom. The zero-order valence-corrected chi connectivity index (χ0v) is 15.4. The number of carboxylic acid groups (broad SMARTS) is 1. The highest BCUT2D eigenvalue weighted by Gasteiger charge is 2.42. The molecule has 1 saturated heterocycles. The number of carboxylic acids is 1. The van der Waals surface area contributed by atoms with Gasteiger partial charge in [-0.15, -0.1) is 11.8 Å². The number of likely N-dealkylation sites (tertiary alicyclic amines) is 1. The number of nitrogens with zero attached hydrogens (tertiary/aromatic N) is 1. The van der Waals surface area contributed by atoms with Gasteiger partial charge >= 0.3 is 5.97 Å². The fraction of sp³-hybridized carbons (Fsp3) is 0.556. The van der Waals surface area contributed by atoms with Crippen LogP contribution in [0, 0.1) is 6.92 Å². The number of rotatable bonds is 4. The van der Waals surface area contributed by atoms with Crippen molar-refractivity contribution >= 4 is 23.6 Å². The molecule has 25 heavy (non-hydrogen) atoms. The highest BCUT2D eigenvalue weighted by Crippen LogP contribution is 2.40. The molecule has 1 aromatic carbocycles. The Bertz CT molecular complexity index is 682. The number of hydrogen-bond donors (Lipinski definition) is 1. The van der Waals surface area contributed by atoms with E-state index in [9.17, 15) is 9.59 Å². The highest BCUT2D eigenvalue weighted by molar-refractivity contribution is 7.98. The number of fused-ring (bicyclic) bond motifs is 1. The van der Waals surface area contributed by atoms with E-state index >= 15 is 0 Å². The molecular weight excluding hydrogens is 342 g/mol. The first kappa shape index (κ1) is 18.1. The standard InChI is InChI=1S/C18H23NO5S/c1-12-9-14(25-2)10-13-11-23-18(24-17(12)13)5-7-19(8-6-18)15(20)3-4-16(21)22/h9-10H,3-8,11H2,1-2H3,(H,21,22). The summed E-state index contributed by atoms with van der Waals surface area (Å²) in [4.78, 5) is 25.6. The minimum Gasteiger partial charge on any atom is -0.481 e. The van der Waals surface area contributed by atoms with Crippen LogP contribution in [0.2, 0.25) is 0 Å². The normalized spacial score (nSPS) is 18.6. The van der Waals surface area contributed by atoms with E-state index in [1.807, 2.05) is 13.2 Å². The molecule has 6 nitrogen and oxygen atoms in total. The van der Waals surface area contributed by atoms with E-state index in [-0.39, 0.29) is 18.7 Å². The molecule has 1 spiro atoms. The van der Waals surface area contributed by atoms with Gasteiger partial charge in [-0.3, -0.25) is 9.59 Å². The van der Waals surface area contributed by atoms with Gasteiger partial charge in [-0.05, 0) is 30.9 Å². The van der Waals surface area contributed by atoms with Crippen molar-refractivity contribution < 1.29 is 24.2 Å². The Kier molecular flexibility index (Phi) is 5.24. The monoisotopic (exact) mass is 365 g/mol. The summed E-state index contributed by atoms with van der Waals surface area (Å²) in [5.74, 6) is -0.844. The lowest BCUT2D eigenvalue weighted by atomic mass is 10.00. The maximum absolute atomic E-state index is 12.1. The third-order valence-corrected chi connectivity index (χ3v) is 5.48. The molecule has 0 radical (unpaired) electrons. The summed E-state index contributed by atoms with van der Waals surface area (Å²) in [5, 5.41) is 8.70. The van der Waals surface area contributed by atoms with Crippen molar-refractivity contribution in [2.45, 2.75) is 49.9 Å². The van der Waals surface area contributed by atoms with Gasteiger partial charge in [0.25, 0.3) is 0 Å². The Labute approximate surface area is 151 Å². The first-order valence-electron chi connectivity index (χ1n) is 8.42. The van der Waals surface area contributed by atoms with Crippen molar-refractivity contribution in [2.24, 2.45) is 0 Å². The van der Waals surface area contributed by atoms with Crippen LogP contribution in [0.15, 0.2) is 17.0 Å². The first-order chi connectivity index (χ1) is 11.9. The average Bonchev–Trinajstić information content (AvgIpc) is 2.61. The second-order valence-electron chi connectivity index (χ2n) is 6.51. The molecule has 7 heteroatoms. The minimum atomic E-state index is -0.947. The summed E-state index contributed by atoms with van der Waals surface area (Å²) in [6.07, 6.45) is 3.15. The fourth-order valence-electron chi connectivity index (χ4n) is 3.32. The predicted octanol–water partition coefficient (Wildman–Crippen LogP) is 2.81. The van der Waals surface area contributed by atoms with Crippen molar-refractivity contribution in [2.75, 3.05) is 19.3 Å². The summed E-state index contributed by atoms with van der Waals surface area (Å²) in [5.41, 5.74) is 2.17. The molecule has 1 fully saturated rings. The third kappa shape index (κ3) is 3.93. The molecule has 0 saturated carbocycles. The molecule has 1 N–H and O–H groups in total. The van der Waals surface area contributed by atoms with Crippen LogP contribution in [0.1, 0.15) is 36.8 Å². The first-order valence-corrected chi connectivity index (χ1v) is 9.65. The molecule has 3 rings (SSSR count). The van der Waals surface area contributed by atoms with Crippen molar-refractivity contribution in [3.05, 3.63) is 23.3 Å². The second kappa shape index (κ2) is 7.25. The number of benzene rings is 1. The van der Waals surface area contributed by atoms with E-state index in [4.69, 9.17) is 14.6 Å². The van der Waals surface area contributed by atoms with Crippen LogP contribution < -0.4 is 4.74 Å². The maximum atomic E-state index is 12.1. The van der Waals surface area contributed by atoms with Gasteiger partial charge in [0, 0.05) is 42.8 Å². The Hall–Kier alpha value is -1.73. The molecule has 2 aliphatic rings. The summed E-state index contributed by atoms with van der Waals surface area (Å²) >= 11 is 1.70. The molecule has 2 heterocycles. The molecular formula is C18H23NO5S. The minimum absolute atomic E-state index is 0.0451. The summed E-state index contributed by atoms with van der Waals surface area (Å²) < 4.78 is 12.3. The van der Waals surface area contributed by atoms with Gasteiger partial charge in [-0.25, -0.2) is 0 Å². The lowest BCUT2D eigenvalue weighted by Gasteiger charge is -2.44. The zero-order valence-electron chi connectivity index (χ0n) is 14.5. The molecule has 1 amide bonds. The van der Waals surface area contributed by atoms with Crippen LogP contribution in [0.4, 0.5) is 0 Å². The number of thioether (sulfide) groups is 1.